The summed E-state index contributed by atoms with van der Waals surface area (Å²) in [6.07, 6.45) is 3.37. The van der Waals surface area contributed by atoms with Crippen molar-refractivity contribution in [3.63, 3.8) is 0 Å². The summed E-state index contributed by atoms with van der Waals surface area (Å²) in [5.74, 6) is 0.0309. The van der Waals surface area contributed by atoms with Gasteiger partial charge in [0.2, 0.25) is 5.91 Å². The maximum atomic E-state index is 12.2. The minimum Gasteiger partial charge on any atom is -0.495 e. The fourth-order valence-electron chi connectivity index (χ4n) is 1.92. The van der Waals surface area contributed by atoms with E-state index in [2.05, 4.69) is 15.6 Å². The van der Waals surface area contributed by atoms with Crippen LogP contribution in [0.2, 0.25) is 0 Å². The molecule has 0 saturated carbocycles. The van der Waals surface area contributed by atoms with Crippen molar-refractivity contribution in [2.24, 2.45) is 0 Å². The van der Waals surface area contributed by atoms with Gasteiger partial charge in [-0.05, 0) is 29.8 Å². The SMILES string of the molecule is COc1ccc(C(=O)NCc2cccnc2)cc1NC(C)=O. The highest BCUT2D eigenvalue weighted by Crippen LogP contribution is 2.25. The summed E-state index contributed by atoms with van der Waals surface area (Å²) in [5, 5.41) is 5.44. The molecular weight excluding hydrogens is 282 g/mol. The predicted molar refractivity (Wildman–Crippen MR) is 82.7 cm³/mol. The van der Waals surface area contributed by atoms with E-state index < -0.39 is 0 Å². The standard InChI is InChI=1S/C16H17N3O3/c1-11(20)19-14-8-13(5-6-15(14)22-2)16(21)18-10-12-4-3-7-17-9-12/h3-9H,10H2,1-2H3,(H,18,21)(H,19,20). The first kappa shape index (κ1) is 15.5. The minimum absolute atomic E-state index is 0.230. The second-order valence-corrected chi connectivity index (χ2v) is 4.64. The Morgan fingerprint density at radius 3 is 2.73 bits per heavy atom. The van der Waals surface area contributed by atoms with Crippen molar-refractivity contribution in [2.45, 2.75) is 13.5 Å². The second kappa shape index (κ2) is 7.21. The van der Waals surface area contributed by atoms with Gasteiger partial charge in [0.1, 0.15) is 5.75 Å². The molecular formula is C16H17N3O3. The van der Waals surface area contributed by atoms with Crippen molar-refractivity contribution < 1.29 is 14.3 Å². The zero-order valence-electron chi connectivity index (χ0n) is 12.4. The highest BCUT2D eigenvalue weighted by atomic mass is 16.5. The first-order chi connectivity index (χ1) is 10.6. The Morgan fingerprint density at radius 2 is 2.09 bits per heavy atom. The number of anilines is 1. The zero-order valence-corrected chi connectivity index (χ0v) is 12.4. The molecule has 114 valence electrons. The molecule has 22 heavy (non-hydrogen) atoms. The Hall–Kier alpha value is -2.89. The lowest BCUT2D eigenvalue weighted by Crippen LogP contribution is -2.23. The molecule has 0 radical (unpaired) electrons. The van der Waals surface area contributed by atoms with Crippen molar-refractivity contribution in [1.29, 1.82) is 0 Å². The molecule has 0 saturated heterocycles. The van der Waals surface area contributed by atoms with Crippen LogP contribution >= 0.6 is 0 Å². The Bertz CT molecular complexity index is 672. The van der Waals surface area contributed by atoms with Gasteiger partial charge in [-0.2, -0.15) is 0 Å². The maximum Gasteiger partial charge on any atom is 0.251 e. The van der Waals surface area contributed by atoms with Crippen LogP contribution in [-0.2, 0) is 11.3 Å². The number of ether oxygens (including phenoxy) is 1. The number of hydrogen-bond acceptors (Lipinski definition) is 4. The van der Waals surface area contributed by atoms with Gasteiger partial charge in [0.15, 0.2) is 0 Å². The summed E-state index contributed by atoms with van der Waals surface area (Å²) < 4.78 is 5.16. The minimum atomic E-state index is -0.238. The second-order valence-electron chi connectivity index (χ2n) is 4.64. The molecule has 0 atom stereocenters. The molecule has 2 N–H and O–H groups in total. The lowest BCUT2D eigenvalue weighted by atomic mass is 10.1. The highest BCUT2D eigenvalue weighted by Gasteiger charge is 2.11. The molecule has 0 aliphatic heterocycles. The number of carbonyl (C=O) groups is 2. The van der Waals surface area contributed by atoms with Crippen LogP contribution in [0.4, 0.5) is 5.69 Å². The summed E-state index contributed by atoms with van der Waals surface area (Å²) in [6, 6.07) is 8.56. The lowest BCUT2D eigenvalue weighted by Gasteiger charge is -2.11. The Kier molecular flexibility index (Phi) is 5.08. The van der Waals surface area contributed by atoms with Crippen molar-refractivity contribution in [2.75, 3.05) is 12.4 Å². The smallest absolute Gasteiger partial charge is 0.251 e. The van der Waals surface area contributed by atoms with Gasteiger partial charge in [-0.1, -0.05) is 6.07 Å². The third kappa shape index (κ3) is 4.05. The third-order valence-electron chi connectivity index (χ3n) is 2.95. The molecule has 6 nitrogen and oxygen atoms in total. The van der Waals surface area contributed by atoms with Gasteiger partial charge >= 0.3 is 0 Å². The molecule has 0 aliphatic carbocycles. The maximum absolute atomic E-state index is 12.2. The molecule has 1 aromatic heterocycles. The monoisotopic (exact) mass is 299 g/mol. The van der Waals surface area contributed by atoms with Crippen molar-refractivity contribution in [1.82, 2.24) is 10.3 Å². The van der Waals surface area contributed by atoms with Gasteiger partial charge < -0.3 is 15.4 Å². The Balaban J connectivity index is 2.10. The Morgan fingerprint density at radius 1 is 1.27 bits per heavy atom. The number of pyridine rings is 1. The summed E-state index contributed by atoms with van der Waals surface area (Å²) in [5.41, 5.74) is 1.81. The molecule has 0 fully saturated rings. The van der Waals surface area contributed by atoms with Crippen LogP contribution in [0.3, 0.4) is 0 Å². The summed E-state index contributed by atoms with van der Waals surface area (Å²) in [7, 11) is 1.50. The molecule has 2 amide bonds. The molecule has 6 heteroatoms. The van der Waals surface area contributed by atoms with Gasteiger partial charge in [-0.3, -0.25) is 14.6 Å². The first-order valence-corrected chi connectivity index (χ1v) is 6.73. The summed E-state index contributed by atoms with van der Waals surface area (Å²) in [6.45, 7) is 1.78. The number of carbonyl (C=O) groups excluding carboxylic acids is 2. The topological polar surface area (TPSA) is 80.3 Å². The van der Waals surface area contributed by atoms with Crippen LogP contribution in [0, 0.1) is 0 Å². The largest absolute Gasteiger partial charge is 0.495 e. The van der Waals surface area contributed by atoms with E-state index in [4.69, 9.17) is 4.74 Å². The number of nitrogens with one attached hydrogen (secondary N) is 2. The average Bonchev–Trinajstić information content (AvgIpc) is 2.53. The molecule has 1 aromatic carbocycles. The van der Waals surface area contributed by atoms with Gasteiger partial charge in [-0.25, -0.2) is 0 Å². The summed E-state index contributed by atoms with van der Waals surface area (Å²) in [4.78, 5) is 27.4. The number of aromatic nitrogens is 1. The first-order valence-electron chi connectivity index (χ1n) is 6.73. The lowest BCUT2D eigenvalue weighted by molar-refractivity contribution is -0.114. The number of benzene rings is 1. The summed E-state index contributed by atoms with van der Waals surface area (Å²) >= 11 is 0. The predicted octanol–water partition coefficient (Wildman–Crippen LogP) is 1.98. The van der Waals surface area contributed by atoms with Crippen LogP contribution in [0.1, 0.15) is 22.8 Å². The molecule has 0 unspecified atom stereocenters. The fraction of sp³-hybridized carbons (Fsp3) is 0.188. The van der Waals surface area contributed by atoms with Crippen molar-refractivity contribution >= 4 is 17.5 Å². The number of rotatable bonds is 5. The fourth-order valence-corrected chi connectivity index (χ4v) is 1.92. The molecule has 0 bridgehead atoms. The zero-order chi connectivity index (χ0) is 15.9. The molecule has 0 spiro atoms. The van der Waals surface area contributed by atoms with Crippen LogP contribution in [0.25, 0.3) is 0 Å². The quantitative estimate of drug-likeness (QED) is 0.884. The number of hydrogen-bond donors (Lipinski definition) is 2. The van der Waals surface area contributed by atoms with Gasteiger partial charge in [-0.15, -0.1) is 0 Å². The van der Waals surface area contributed by atoms with E-state index >= 15 is 0 Å². The molecule has 1 heterocycles. The van der Waals surface area contributed by atoms with E-state index in [9.17, 15) is 9.59 Å². The van der Waals surface area contributed by atoms with Crippen molar-refractivity contribution in [3.05, 3.63) is 53.9 Å². The van der Waals surface area contributed by atoms with E-state index in [1.165, 1.54) is 14.0 Å². The van der Waals surface area contributed by atoms with Crippen LogP contribution in [-0.4, -0.2) is 23.9 Å². The molecule has 2 rings (SSSR count). The number of methoxy groups -OCH3 is 1. The van der Waals surface area contributed by atoms with Crippen LogP contribution in [0.5, 0.6) is 5.75 Å². The number of nitrogens with zero attached hydrogens (tertiary/aromatic N) is 1. The highest BCUT2D eigenvalue weighted by molar-refractivity contribution is 5.97. The normalized spacial score (nSPS) is 9.91. The van der Waals surface area contributed by atoms with Crippen LogP contribution < -0.4 is 15.4 Å². The van der Waals surface area contributed by atoms with Crippen LogP contribution in [0.15, 0.2) is 42.7 Å². The number of amides is 2. The van der Waals surface area contributed by atoms with E-state index in [0.29, 0.717) is 23.5 Å². The molecule has 2 aromatic rings. The van der Waals surface area contributed by atoms with E-state index in [1.807, 2.05) is 12.1 Å². The Labute approximate surface area is 128 Å². The van der Waals surface area contributed by atoms with E-state index in [0.717, 1.165) is 5.56 Å². The van der Waals surface area contributed by atoms with Gasteiger partial charge in [0.05, 0.1) is 12.8 Å². The van der Waals surface area contributed by atoms with Crippen molar-refractivity contribution in [3.8, 4) is 5.75 Å². The van der Waals surface area contributed by atoms with E-state index in [1.54, 1.807) is 30.6 Å². The molecule has 0 aliphatic rings. The van der Waals surface area contributed by atoms with E-state index in [-0.39, 0.29) is 11.8 Å². The average molecular weight is 299 g/mol. The van der Waals surface area contributed by atoms with Gasteiger partial charge in [0.25, 0.3) is 5.91 Å². The third-order valence-corrected chi connectivity index (χ3v) is 2.95. The van der Waals surface area contributed by atoms with Gasteiger partial charge in [0, 0.05) is 31.4 Å².